The molecule has 1 aromatic carbocycles. The number of halogens is 1. The number of aryl methyl sites for hydroxylation is 2. The highest BCUT2D eigenvalue weighted by Crippen LogP contribution is 2.21. The predicted molar refractivity (Wildman–Crippen MR) is 94.3 cm³/mol. The molecule has 0 fully saturated rings. The Morgan fingerprint density at radius 3 is 2.86 bits per heavy atom. The first kappa shape index (κ1) is 15.0. The zero-order valence-corrected chi connectivity index (χ0v) is 14.4. The van der Waals surface area contributed by atoms with Crippen molar-refractivity contribution in [1.82, 2.24) is 14.5 Å². The zero-order valence-electron chi connectivity index (χ0n) is 12.8. The summed E-state index contributed by atoms with van der Waals surface area (Å²) in [5.74, 6) is 2.08. The van der Waals surface area contributed by atoms with Crippen molar-refractivity contribution in [2.75, 3.05) is 18.5 Å². The summed E-state index contributed by atoms with van der Waals surface area (Å²) in [4.78, 5) is 11.2. The van der Waals surface area contributed by atoms with Gasteiger partial charge >= 0.3 is 0 Å². The summed E-state index contributed by atoms with van der Waals surface area (Å²) in [6, 6.07) is 10.4. The van der Waals surface area contributed by atoms with Gasteiger partial charge in [-0.3, -0.25) is 0 Å². The van der Waals surface area contributed by atoms with Crippen molar-refractivity contribution in [2.24, 2.45) is 0 Å². The largest absolute Gasteiger partial charge is 0.360 e. The fraction of sp³-hybridized carbons (Fsp3) is 0.294. The van der Waals surface area contributed by atoms with E-state index < -0.39 is 0 Å². The Morgan fingerprint density at radius 2 is 2.09 bits per heavy atom. The Balaban J connectivity index is 1.65. The number of anilines is 1. The summed E-state index contributed by atoms with van der Waals surface area (Å²) in [5.41, 5.74) is 1.03. The summed E-state index contributed by atoms with van der Waals surface area (Å²) in [6.45, 7) is 3.98. The first-order chi connectivity index (χ1) is 10.6. The summed E-state index contributed by atoms with van der Waals surface area (Å²) in [7, 11) is 2.09. The summed E-state index contributed by atoms with van der Waals surface area (Å²) < 4.78 is 3.26. The molecule has 0 radical (unpaired) electrons. The highest BCUT2D eigenvalue weighted by atomic mass is 79.9. The maximum atomic E-state index is 4.74. The van der Waals surface area contributed by atoms with Gasteiger partial charge in [-0.05, 0) is 43.7 Å². The van der Waals surface area contributed by atoms with Gasteiger partial charge in [0.25, 0.3) is 0 Å². The lowest BCUT2D eigenvalue weighted by molar-refractivity contribution is 0.621. The second-order valence-corrected chi connectivity index (χ2v) is 6.37. The van der Waals surface area contributed by atoms with Gasteiger partial charge in [0.1, 0.15) is 11.6 Å². The number of pyridine rings is 1. The van der Waals surface area contributed by atoms with E-state index in [0.29, 0.717) is 0 Å². The molecule has 0 aliphatic rings. The molecule has 0 bridgehead atoms. The maximum Gasteiger partial charge on any atom is 0.128 e. The third-order valence-corrected chi connectivity index (χ3v) is 4.34. The van der Waals surface area contributed by atoms with Crippen LogP contribution in [0.2, 0.25) is 0 Å². The van der Waals surface area contributed by atoms with Crippen LogP contribution in [0.5, 0.6) is 0 Å². The number of imidazole rings is 1. The normalized spacial score (nSPS) is 11.0. The highest BCUT2D eigenvalue weighted by molar-refractivity contribution is 9.10. The Morgan fingerprint density at radius 1 is 1.23 bits per heavy atom. The lowest BCUT2D eigenvalue weighted by Gasteiger charge is -2.19. The number of fused-ring (bicyclic) bond motifs is 1. The Labute approximate surface area is 138 Å². The molecule has 2 aromatic heterocycles. The van der Waals surface area contributed by atoms with Crippen molar-refractivity contribution >= 4 is 32.7 Å². The average Bonchev–Trinajstić information content (AvgIpc) is 2.92. The van der Waals surface area contributed by atoms with Gasteiger partial charge in [0.05, 0.1) is 5.52 Å². The lowest BCUT2D eigenvalue weighted by atomic mass is 10.2. The van der Waals surface area contributed by atoms with Crippen LogP contribution in [0.4, 0.5) is 5.82 Å². The van der Waals surface area contributed by atoms with Crippen LogP contribution in [0.1, 0.15) is 12.2 Å². The number of aromatic nitrogens is 3. The van der Waals surface area contributed by atoms with Gasteiger partial charge in [0, 0.05) is 42.4 Å². The van der Waals surface area contributed by atoms with E-state index in [4.69, 9.17) is 4.98 Å². The van der Waals surface area contributed by atoms with Crippen molar-refractivity contribution in [3.63, 3.8) is 0 Å². The molecule has 0 aliphatic heterocycles. The molecule has 0 spiro atoms. The van der Waals surface area contributed by atoms with Crippen LogP contribution in [-0.2, 0) is 6.54 Å². The third-order valence-electron chi connectivity index (χ3n) is 3.84. The molecule has 0 aliphatic carbocycles. The van der Waals surface area contributed by atoms with Gasteiger partial charge in [0.15, 0.2) is 0 Å². The van der Waals surface area contributed by atoms with Crippen LogP contribution in [0.15, 0.2) is 47.2 Å². The van der Waals surface area contributed by atoms with E-state index in [2.05, 4.69) is 55.6 Å². The molecular formula is C17H19BrN4. The van der Waals surface area contributed by atoms with E-state index in [1.165, 1.54) is 0 Å². The summed E-state index contributed by atoms with van der Waals surface area (Å²) in [5, 5.41) is 1.15. The number of benzene rings is 1. The molecule has 22 heavy (non-hydrogen) atoms. The molecule has 0 amide bonds. The predicted octanol–water partition coefficient (Wildman–Crippen LogP) is 4.03. The van der Waals surface area contributed by atoms with Crippen LogP contribution < -0.4 is 4.90 Å². The van der Waals surface area contributed by atoms with Crippen LogP contribution in [0, 0.1) is 6.92 Å². The molecule has 0 N–H and O–H groups in total. The van der Waals surface area contributed by atoms with Crippen molar-refractivity contribution < 1.29 is 0 Å². The number of rotatable bonds is 5. The topological polar surface area (TPSA) is 34.0 Å². The van der Waals surface area contributed by atoms with Gasteiger partial charge in [-0.2, -0.15) is 0 Å². The SMILES string of the molecule is Cc1nccn1CCCN(C)c1ccc2cc(Br)ccc2n1. The summed E-state index contributed by atoms with van der Waals surface area (Å²) in [6.07, 6.45) is 4.94. The van der Waals surface area contributed by atoms with Gasteiger partial charge < -0.3 is 9.47 Å². The van der Waals surface area contributed by atoms with Crippen molar-refractivity contribution in [3.8, 4) is 0 Å². The van der Waals surface area contributed by atoms with Crippen LogP contribution in [0.3, 0.4) is 0 Å². The minimum Gasteiger partial charge on any atom is -0.360 e. The second-order valence-electron chi connectivity index (χ2n) is 5.45. The molecule has 5 heteroatoms. The van der Waals surface area contributed by atoms with E-state index in [9.17, 15) is 0 Å². The van der Waals surface area contributed by atoms with Crippen molar-refractivity contribution in [3.05, 3.63) is 53.0 Å². The van der Waals surface area contributed by atoms with Crippen LogP contribution in [0.25, 0.3) is 10.9 Å². The molecule has 4 nitrogen and oxygen atoms in total. The molecule has 0 saturated heterocycles. The third kappa shape index (κ3) is 3.30. The number of hydrogen-bond acceptors (Lipinski definition) is 3. The molecule has 0 atom stereocenters. The quantitative estimate of drug-likeness (QED) is 0.690. The molecule has 3 aromatic rings. The molecule has 0 saturated carbocycles. The van der Waals surface area contributed by atoms with Crippen molar-refractivity contribution in [1.29, 1.82) is 0 Å². The minimum absolute atomic E-state index is 0.965. The van der Waals surface area contributed by atoms with Gasteiger partial charge in [-0.15, -0.1) is 0 Å². The Hall–Kier alpha value is -1.88. The van der Waals surface area contributed by atoms with Crippen molar-refractivity contribution in [2.45, 2.75) is 19.9 Å². The van der Waals surface area contributed by atoms with E-state index in [-0.39, 0.29) is 0 Å². The maximum absolute atomic E-state index is 4.74. The molecule has 2 heterocycles. The zero-order chi connectivity index (χ0) is 15.5. The highest BCUT2D eigenvalue weighted by Gasteiger charge is 2.05. The van der Waals surface area contributed by atoms with E-state index >= 15 is 0 Å². The molecular weight excluding hydrogens is 340 g/mol. The first-order valence-corrected chi connectivity index (χ1v) is 8.18. The standard InChI is InChI=1S/C17H19BrN4/c1-13-19-8-11-22(13)10-3-9-21(2)17-7-4-14-12-15(18)5-6-16(14)20-17/h4-8,11-12H,3,9-10H2,1-2H3. The smallest absolute Gasteiger partial charge is 0.128 e. The van der Waals surface area contributed by atoms with Gasteiger partial charge in [0.2, 0.25) is 0 Å². The van der Waals surface area contributed by atoms with Gasteiger partial charge in [-0.1, -0.05) is 15.9 Å². The number of hydrogen-bond donors (Lipinski definition) is 0. The molecule has 0 unspecified atom stereocenters. The van der Waals surface area contributed by atoms with Gasteiger partial charge in [-0.25, -0.2) is 9.97 Å². The summed E-state index contributed by atoms with van der Waals surface area (Å²) >= 11 is 3.49. The fourth-order valence-electron chi connectivity index (χ4n) is 2.53. The molecule has 114 valence electrons. The molecule has 3 rings (SSSR count). The van der Waals surface area contributed by atoms with E-state index in [1.54, 1.807) is 0 Å². The van der Waals surface area contributed by atoms with E-state index in [0.717, 1.165) is 46.5 Å². The average molecular weight is 359 g/mol. The fourth-order valence-corrected chi connectivity index (χ4v) is 2.91. The minimum atomic E-state index is 0.965. The first-order valence-electron chi connectivity index (χ1n) is 7.39. The lowest BCUT2D eigenvalue weighted by Crippen LogP contribution is -2.21. The number of nitrogens with zero attached hydrogens (tertiary/aromatic N) is 4. The monoisotopic (exact) mass is 358 g/mol. The second kappa shape index (κ2) is 6.48. The van der Waals surface area contributed by atoms with E-state index in [1.807, 2.05) is 31.5 Å². The Kier molecular flexibility index (Phi) is 4.43. The van der Waals surface area contributed by atoms with Crippen LogP contribution in [-0.4, -0.2) is 28.1 Å². The Bertz CT molecular complexity index is 781. The van der Waals surface area contributed by atoms with Crippen LogP contribution >= 0.6 is 15.9 Å².